The standard InChI is InChI=1S/C21H19BrF3N3O2/c22-15-4-6-16(7-5-15)28-19(29)13-18(20(28)30)27-10-8-26(9-11-27)17-3-1-2-14(12-17)21(23,24)25/h1-7,12,18H,8-11,13H2/p+1/t18-/m1/s1. The second-order valence-corrected chi connectivity index (χ2v) is 8.41. The molecule has 0 bridgehead atoms. The second kappa shape index (κ2) is 8.03. The maximum atomic E-state index is 13.0. The summed E-state index contributed by atoms with van der Waals surface area (Å²) in [5, 5.41) is 0. The third-order valence-corrected chi connectivity index (χ3v) is 6.20. The van der Waals surface area contributed by atoms with Gasteiger partial charge in [0.1, 0.15) is 0 Å². The van der Waals surface area contributed by atoms with E-state index in [1.165, 1.54) is 11.0 Å². The number of carbonyl (C=O) groups is 2. The van der Waals surface area contributed by atoms with Crippen LogP contribution in [0.5, 0.6) is 0 Å². The topological polar surface area (TPSA) is 45.1 Å². The molecule has 0 aromatic heterocycles. The number of benzene rings is 2. The van der Waals surface area contributed by atoms with Crippen LogP contribution in [0.2, 0.25) is 0 Å². The van der Waals surface area contributed by atoms with E-state index in [2.05, 4.69) is 15.9 Å². The smallest absolute Gasteiger partial charge is 0.360 e. The average molecular weight is 483 g/mol. The van der Waals surface area contributed by atoms with Crippen LogP contribution < -0.4 is 14.7 Å². The molecule has 0 spiro atoms. The number of rotatable bonds is 3. The van der Waals surface area contributed by atoms with Gasteiger partial charge in [0.2, 0.25) is 5.91 Å². The minimum absolute atomic E-state index is 0.147. The van der Waals surface area contributed by atoms with Gasteiger partial charge in [0.05, 0.1) is 43.9 Å². The molecule has 30 heavy (non-hydrogen) atoms. The van der Waals surface area contributed by atoms with Crippen LogP contribution in [0.15, 0.2) is 53.0 Å². The molecule has 5 nitrogen and oxygen atoms in total. The number of piperazine rings is 1. The summed E-state index contributed by atoms with van der Waals surface area (Å²) in [4.78, 5) is 29.6. The molecule has 1 atom stereocenters. The van der Waals surface area contributed by atoms with E-state index >= 15 is 0 Å². The first-order valence-corrected chi connectivity index (χ1v) is 10.4. The molecule has 0 unspecified atom stereocenters. The zero-order valence-corrected chi connectivity index (χ0v) is 17.5. The SMILES string of the molecule is O=C1C[C@@H]([NH+]2CCN(c3cccc(C(F)(F)F)c3)CC2)C(=O)N1c1ccc(Br)cc1. The fourth-order valence-electron chi connectivity index (χ4n) is 4.09. The molecular formula is C21H20BrF3N3O2+. The average Bonchev–Trinajstić information content (AvgIpc) is 3.02. The van der Waals surface area contributed by atoms with Gasteiger partial charge in [0, 0.05) is 10.2 Å². The van der Waals surface area contributed by atoms with Crippen molar-refractivity contribution in [1.82, 2.24) is 0 Å². The first-order valence-electron chi connectivity index (χ1n) is 9.63. The molecule has 0 radical (unpaired) electrons. The molecule has 2 fully saturated rings. The van der Waals surface area contributed by atoms with Crippen molar-refractivity contribution >= 4 is 39.1 Å². The molecule has 2 aromatic rings. The number of amides is 2. The lowest BCUT2D eigenvalue weighted by atomic mass is 10.1. The lowest BCUT2D eigenvalue weighted by Crippen LogP contribution is -3.19. The van der Waals surface area contributed by atoms with Gasteiger partial charge in [-0.2, -0.15) is 13.2 Å². The van der Waals surface area contributed by atoms with Gasteiger partial charge in [-0.15, -0.1) is 0 Å². The molecule has 0 aliphatic carbocycles. The Hall–Kier alpha value is -2.39. The first-order chi connectivity index (χ1) is 14.2. The molecule has 2 aliphatic heterocycles. The van der Waals surface area contributed by atoms with Crippen LogP contribution in [0, 0.1) is 0 Å². The number of imide groups is 1. The number of nitrogens with one attached hydrogen (secondary N) is 1. The zero-order valence-electron chi connectivity index (χ0n) is 16.0. The van der Waals surface area contributed by atoms with Gasteiger partial charge in [0.25, 0.3) is 5.91 Å². The van der Waals surface area contributed by atoms with Crippen LogP contribution in [0.1, 0.15) is 12.0 Å². The molecule has 4 rings (SSSR count). The minimum atomic E-state index is -4.38. The van der Waals surface area contributed by atoms with Crippen molar-refractivity contribution < 1.29 is 27.7 Å². The van der Waals surface area contributed by atoms with Crippen molar-refractivity contribution in [3.63, 3.8) is 0 Å². The number of halogens is 4. The largest absolute Gasteiger partial charge is 0.416 e. The normalized spacial score (nSPS) is 20.9. The lowest BCUT2D eigenvalue weighted by Gasteiger charge is -2.35. The van der Waals surface area contributed by atoms with Gasteiger partial charge in [-0.25, -0.2) is 4.90 Å². The summed E-state index contributed by atoms with van der Waals surface area (Å²) in [6.07, 6.45) is -4.23. The van der Waals surface area contributed by atoms with Crippen molar-refractivity contribution in [3.8, 4) is 0 Å². The molecule has 1 N–H and O–H groups in total. The molecule has 9 heteroatoms. The summed E-state index contributed by atoms with van der Waals surface area (Å²) in [5.41, 5.74) is 0.406. The Labute approximate surface area is 180 Å². The van der Waals surface area contributed by atoms with Crippen molar-refractivity contribution in [3.05, 3.63) is 58.6 Å². The predicted molar refractivity (Wildman–Crippen MR) is 109 cm³/mol. The predicted octanol–water partition coefficient (Wildman–Crippen LogP) is 2.50. The van der Waals surface area contributed by atoms with Gasteiger partial charge >= 0.3 is 6.18 Å². The van der Waals surface area contributed by atoms with Crippen LogP contribution in [0.3, 0.4) is 0 Å². The third kappa shape index (κ3) is 4.09. The Morgan fingerprint density at radius 1 is 0.967 bits per heavy atom. The lowest BCUT2D eigenvalue weighted by molar-refractivity contribution is -0.915. The first kappa shape index (κ1) is 20.9. The molecule has 0 saturated carbocycles. The summed E-state index contributed by atoms with van der Waals surface area (Å²) in [6, 6.07) is 11.9. The number of carbonyl (C=O) groups excluding carboxylic acids is 2. The van der Waals surface area contributed by atoms with Crippen molar-refractivity contribution in [2.24, 2.45) is 0 Å². The van der Waals surface area contributed by atoms with E-state index in [9.17, 15) is 22.8 Å². The highest BCUT2D eigenvalue weighted by molar-refractivity contribution is 9.10. The van der Waals surface area contributed by atoms with Crippen LogP contribution in [-0.4, -0.2) is 44.0 Å². The third-order valence-electron chi connectivity index (χ3n) is 5.67. The van der Waals surface area contributed by atoms with Gasteiger partial charge in [-0.05, 0) is 42.5 Å². The fraction of sp³-hybridized carbons (Fsp3) is 0.333. The van der Waals surface area contributed by atoms with E-state index in [0.717, 1.165) is 21.5 Å². The Kier molecular flexibility index (Phi) is 5.59. The summed E-state index contributed by atoms with van der Waals surface area (Å²) >= 11 is 3.34. The number of alkyl halides is 3. The highest BCUT2D eigenvalue weighted by atomic mass is 79.9. The van der Waals surface area contributed by atoms with Crippen molar-refractivity contribution in [2.75, 3.05) is 36.0 Å². The van der Waals surface area contributed by atoms with E-state index in [1.54, 1.807) is 30.3 Å². The Morgan fingerprint density at radius 3 is 2.27 bits per heavy atom. The Morgan fingerprint density at radius 2 is 1.63 bits per heavy atom. The zero-order chi connectivity index (χ0) is 21.5. The van der Waals surface area contributed by atoms with E-state index in [4.69, 9.17) is 0 Å². The molecule has 158 valence electrons. The molecule has 2 amide bonds. The van der Waals surface area contributed by atoms with Crippen LogP contribution in [0.25, 0.3) is 0 Å². The van der Waals surface area contributed by atoms with Crippen LogP contribution in [0.4, 0.5) is 24.5 Å². The maximum Gasteiger partial charge on any atom is 0.416 e. The molecular weight excluding hydrogens is 463 g/mol. The van der Waals surface area contributed by atoms with Crippen LogP contribution >= 0.6 is 15.9 Å². The van der Waals surface area contributed by atoms with Crippen molar-refractivity contribution in [1.29, 1.82) is 0 Å². The van der Waals surface area contributed by atoms with Gasteiger partial charge in [-0.3, -0.25) is 9.59 Å². The molecule has 2 heterocycles. The van der Waals surface area contributed by atoms with E-state index < -0.39 is 17.8 Å². The molecule has 2 aliphatic rings. The summed E-state index contributed by atoms with van der Waals surface area (Å²) in [5.74, 6) is -0.440. The fourth-order valence-corrected chi connectivity index (χ4v) is 4.36. The summed E-state index contributed by atoms with van der Waals surface area (Å²) in [6.45, 7) is 2.20. The van der Waals surface area contributed by atoms with E-state index in [-0.39, 0.29) is 18.2 Å². The highest BCUT2D eigenvalue weighted by Gasteiger charge is 2.46. The Bertz CT molecular complexity index is 957. The Balaban J connectivity index is 1.43. The number of quaternary nitrogens is 1. The summed E-state index contributed by atoms with van der Waals surface area (Å²) < 4.78 is 39.8. The van der Waals surface area contributed by atoms with Gasteiger partial charge in [0.15, 0.2) is 6.04 Å². The van der Waals surface area contributed by atoms with Gasteiger partial charge < -0.3 is 9.80 Å². The highest BCUT2D eigenvalue weighted by Crippen LogP contribution is 2.31. The van der Waals surface area contributed by atoms with E-state index in [1.807, 2.05) is 4.90 Å². The minimum Gasteiger partial charge on any atom is -0.360 e. The number of nitrogens with zero attached hydrogens (tertiary/aromatic N) is 2. The number of anilines is 2. The number of hydrogen-bond acceptors (Lipinski definition) is 3. The van der Waals surface area contributed by atoms with Crippen LogP contribution in [-0.2, 0) is 15.8 Å². The summed E-state index contributed by atoms with van der Waals surface area (Å²) in [7, 11) is 0. The number of hydrogen-bond donors (Lipinski definition) is 1. The van der Waals surface area contributed by atoms with E-state index in [0.29, 0.717) is 37.6 Å². The molecule has 2 saturated heterocycles. The maximum absolute atomic E-state index is 13.0. The molecule has 2 aromatic carbocycles. The van der Waals surface area contributed by atoms with Crippen molar-refractivity contribution in [2.45, 2.75) is 18.6 Å². The van der Waals surface area contributed by atoms with Gasteiger partial charge in [-0.1, -0.05) is 22.0 Å². The second-order valence-electron chi connectivity index (χ2n) is 7.49. The monoisotopic (exact) mass is 482 g/mol. The quantitative estimate of drug-likeness (QED) is 0.683.